The fraction of sp³-hybridized carbons (Fsp3) is 0.941. The molecule has 21 heavy (non-hydrogen) atoms. The van der Waals surface area contributed by atoms with Gasteiger partial charge in [-0.15, -0.1) is 0 Å². The molecule has 0 aromatic carbocycles. The summed E-state index contributed by atoms with van der Waals surface area (Å²) in [6.07, 6.45) is 7.86. The average Bonchev–Trinajstić information content (AvgIpc) is 3.30. The summed E-state index contributed by atoms with van der Waals surface area (Å²) >= 11 is 0. The van der Waals surface area contributed by atoms with E-state index in [1.165, 1.54) is 38.8 Å². The minimum atomic E-state index is 0.107. The monoisotopic (exact) mass is 295 g/mol. The van der Waals surface area contributed by atoms with E-state index in [-0.39, 0.29) is 11.9 Å². The molecule has 2 fully saturated rings. The van der Waals surface area contributed by atoms with Gasteiger partial charge in [-0.25, -0.2) is 0 Å². The van der Waals surface area contributed by atoms with Crippen LogP contribution in [0.2, 0.25) is 0 Å². The first-order valence-electron chi connectivity index (χ1n) is 8.82. The Kier molecular flexibility index (Phi) is 6.49. The van der Waals surface area contributed by atoms with E-state index in [9.17, 15) is 4.79 Å². The van der Waals surface area contributed by atoms with Crippen LogP contribution in [0.15, 0.2) is 0 Å². The highest BCUT2D eigenvalue weighted by Gasteiger charge is 2.32. The van der Waals surface area contributed by atoms with E-state index in [2.05, 4.69) is 18.9 Å². The Labute approximate surface area is 130 Å². The van der Waals surface area contributed by atoms with Gasteiger partial charge >= 0.3 is 0 Å². The van der Waals surface area contributed by atoms with Gasteiger partial charge in [-0.05, 0) is 57.5 Å². The molecule has 1 aliphatic carbocycles. The Morgan fingerprint density at radius 3 is 2.52 bits per heavy atom. The summed E-state index contributed by atoms with van der Waals surface area (Å²) in [5.74, 6) is 1.67. The van der Waals surface area contributed by atoms with Gasteiger partial charge in [0.1, 0.15) is 0 Å². The molecule has 0 bridgehead atoms. The first-order chi connectivity index (χ1) is 10.1. The molecule has 4 nitrogen and oxygen atoms in total. The molecule has 122 valence electrons. The lowest BCUT2D eigenvalue weighted by molar-refractivity contribution is -0.133. The zero-order chi connectivity index (χ0) is 15.2. The van der Waals surface area contributed by atoms with Crippen LogP contribution in [-0.4, -0.2) is 55.0 Å². The van der Waals surface area contributed by atoms with Gasteiger partial charge in [0, 0.05) is 32.1 Å². The summed E-state index contributed by atoms with van der Waals surface area (Å²) in [6, 6.07) is 0.107. The predicted octanol–water partition coefficient (Wildman–Crippen LogP) is 2.08. The fourth-order valence-electron chi connectivity index (χ4n) is 3.35. The predicted molar refractivity (Wildman–Crippen MR) is 87.0 cm³/mol. The molecule has 0 aromatic rings. The molecule has 1 saturated heterocycles. The van der Waals surface area contributed by atoms with Crippen molar-refractivity contribution in [3.63, 3.8) is 0 Å². The number of carbonyl (C=O) groups is 1. The summed E-state index contributed by atoms with van der Waals surface area (Å²) in [6.45, 7) is 6.49. The summed E-state index contributed by atoms with van der Waals surface area (Å²) in [4.78, 5) is 16.7. The number of amides is 1. The largest absolute Gasteiger partial charge is 0.343 e. The van der Waals surface area contributed by atoms with Gasteiger partial charge in [0.2, 0.25) is 5.91 Å². The zero-order valence-corrected chi connectivity index (χ0v) is 13.9. The third kappa shape index (κ3) is 5.59. The molecule has 2 N–H and O–H groups in total. The minimum absolute atomic E-state index is 0.107. The maximum absolute atomic E-state index is 12.2. The number of hydrogen-bond acceptors (Lipinski definition) is 3. The normalized spacial score (nSPS) is 21.8. The second kappa shape index (κ2) is 8.14. The highest BCUT2D eigenvalue weighted by Crippen LogP contribution is 2.33. The number of nitrogens with two attached hydrogens (primary N) is 1. The smallest absolute Gasteiger partial charge is 0.224 e. The van der Waals surface area contributed by atoms with E-state index in [4.69, 9.17) is 5.73 Å². The van der Waals surface area contributed by atoms with Crippen molar-refractivity contribution < 1.29 is 4.79 Å². The molecule has 0 radical (unpaired) electrons. The average molecular weight is 295 g/mol. The van der Waals surface area contributed by atoms with Crippen molar-refractivity contribution in [2.75, 3.05) is 33.2 Å². The maximum Gasteiger partial charge on any atom is 0.224 e. The van der Waals surface area contributed by atoms with Gasteiger partial charge in [0.15, 0.2) is 0 Å². The number of carbonyl (C=O) groups excluding carboxylic acids is 1. The molecule has 1 aliphatic heterocycles. The van der Waals surface area contributed by atoms with Crippen LogP contribution in [0.1, 0.15) is 51.9 Å². The molecule has 4 heteroatoms. The van der Waals surface area contributed by atoms with E-state index < -0.39 is 0 Å². The molecule has 1 amide bonds. The van der Waals surface area contributed by atoms with E-state index in [0.29, 0.717) is 12.3 Å². The molecule has 1 heterocycles. The number of rotatable bonds is 8. The number of piperidine rings is 1. The van der Waals surface area contributed by atoms with Gasteiger partial charge in [0.25, 0.3) is 0 Å². The third-order valence-corrected chi connectivity index (χ3v) is 5.07. The van der Waals surface area contributed by atoms with Gasteiger partial charge in [-0.3, -0.25) is 4.79 Å². The van der Waals surface area contributed by atoms with Crippen molar-refractivity contribution in [3.05, 3.63) is 0 Å². The third-order valence-electron chi connectivity index (χ3n) is 5.07. The molecule has 2 rings (SSSR count). The van der Waals surface area contributed by atoms with Crippen LogP contribution < -0.4 is 5.73 Å². The van der Waals surface area contributed by atoms with Crippen LogP contribution in [0.25, 0.3) is 0 Å². The summed E-state index contributed by atoms with van der Waals surface area (Å²) < 4.78 is 0. The van der Waals surface area contributed by atoms with E-state index in [0.717, 1.165) is 31.8 Å². The Hall–Kier alpha value is -0.610. The van der Waals surface area contributed by atoms with Gasteiger partial charge < -0.3 is 15.5 Å². The highest BCUT2D eigenvalue weighted by atomic mass is 16.2. The van der Waals surface area contributed by atoms with E-state index >= 15 is 0 Å². The first-order valence-corrected chi connectivity index (χ1v) is 8.82. The summed E-state index contributed by atoms with van der Waals surface area (Å²) in [5, 5.41) is 0. The SMILES string of the molecule is CCCCN(C)CC1CCN(C(=O)CC(N)C2CC2)CC1. The Bertz CT molecular complexity index is 322. The second-order valence-electron chi connectivity index (χ2n) is 7.15. The van der Waals surface area contributed by atoms with Gasteiger partial charge in [-0.2, -0.15) is 0 Å². The zero-order valence-electron chi connectivity index (χ0n) is 13.9. The summed E-state index contributed by atoms with van der Waals surface area (Å²) in [5.41, 5.74) is 6.07. The van der Waals surface area contributed by atoms with Crippen LogP contribution in [0.4, 0.5) is 0 Å². The van der Waals surface area contributed by atoms with Crippen molar-refractivity contribution >= 4 is 5.91 Å². The van der Waals surface area contributed by atoms with Crippen molar-refractivity contribution in [1.29, 1.82) is 0 Å². The lowest BCUT2D eigenvalue weighted by atomic mass is 9.95. The van der Waals surface area contributed by atoms with Crippen LogP contribution >= 0.6 is 0 Å². The fourth-order valence-corrected chi connectivity index (χ4v) is 3.35. The summed E-state index contributed by atoms with van der Waals surface area (Å²) in [7, 11) is 2.22. The van der Waals surface area contributed by atoms with Crippen molar-refractivity contribution in [2.45, 2.75) is 57.9 Å². The van der Waals surface area contributed by atoms with Crippen molar-refractivity contribution in [3.8, 4) is 0 Å². The van der Waals surface area contributed by atoms with Crippen LogP contribution in [-0.2, 0) is 4.79 Å². The van der Waals surface area contributed by atoms with Gasteiger partial charge in [-0.1, -0.05) is 13.3 Å². The Balaban J connectivity index is 1.64. The topological polar surface area (TPSA) is 49.6 Å². The van der Waals surface area contributed by atoms with Crippen molar-refractivity contribution in [1.82, 2.24) is 9.80 Å². The number of unbranched alkanes of at least 4 members (excludes halogenated alkanes) is 1. The lowest BCUT2D eigenvalue weighted by Crippen LogP contribution is -2.43. The minimum Gasteiger partial charge on any atom is -0.343 e. The van der Waals surface area contributed by atoms with Crippen molar-refractivity contribution in [2.24, 2.45) is 17.6 Å². The molecular weight excluding hydrogens is 262 g/mol. The van der Waals surface area contributed by atoms with Crippen LogP contribution in [0.5, 0.6) is 0 Å². The maximum atomic E-state index is 12.2. The number of hydrogen-bond donors (Lipinski definition) is 1. The molecule has 0 aromatic heterocycles. The number of nitrogens with zero attached hydrogens (tertiary/aromatic N) is 2. The van der Waals surface area contributed by atoms with E-state index in [1.54, 1.807) is 0 Å². The number of likely N-dealkylation sites (tertiary alicyclic amines) is 1. The first kappa shape index (κ1) is 16.8. The van der Waals surface area contributed by atoms with Crippen LogP contribution in [0, 0.1) is 11.8 Å². The molecule has 1 atom stereocenters. The Morgan fingerprint density at radius 2 is 1.95 bits per heavy atom. The quantitative estimate of drug-likeness (QED) is 0.746. The molecule has 1 unspecified atom stereocenters. The second-order valence-corrected chi connectivity index (χ2v) is 7.15. The molecule has 1 saturated carbocycles. The van der Waals surface area contributed by atoms with E-state index in [1.807, 2.05) is 4.90 Å². The lowest BCUT2D eigenvalue weighted by Gasteiger charge is -2.34. The molecule has 2 aliphatic rings. The molecular formula is C17H33N3O. The highest BCUT2D eigenvalue weighted by molar-refractivity contribution is 5.77. The standard InChI is InChI=1S/C17H33N3O/c1-3-4-9-19(2)13-14-7-10-20(11-8-14)17(21)12-16(18)15-5-6-15/h14-16H,3-13,18H2,1-2H3. The Morgan fingerprint density at radius 1 is 1.29 bits per heavy atom. The van der Waals surface area contributed by atoms with Gasteiger partial charge in [0.05, 0.1) is 0 Å². The molecule has 0 spiro atoms. The van der Waals surface area contributed by atoms with Crippen LogP contribution in [0.3, 0.4) is 0 Å².